The molecule has 0 aliphatic carbocycles. The number of ether oxygens (including phenoxy) is 1. The number of aliphatic hydroxyl groups is 1. The lowest BCUT2D eigenvalue weighted by atomic mass is 10.4. The summed E-state index contributed by atoms with van der Waals surface area (Å²) in [4.78, 5) is 20.0. The molecule has 0 amide bonds. The van der Waals surface area contributed by atoms with Gasteiger partial charge < -0.3 is 25.4 Å². The molecule has 19 heavy (non-hydrogen) atoms. The van der Waals surface area contributed by atoms with Crippen molar-refractivity contribution in [2.24, 2.45) is 7.05 Å². The molecule has 0 unspecified atom stereocenters. The monoisotopic (exact) mass is 269 g/mol. The summed E-state index contributed by atoms with van der Waals surface area (Å²) in [5.41, 5.74) is 6.08. The van der Waals surface area contributed by atoms with Crippen LogP contribution in [-0.2, 0) is 11.8 Å². The van der Waals surface area contributed by atoms with Crippen molar-refractivity contribution in [3.05, 3.63) is 10.4 Å². The molecule has 8 nitrogen and oxygen atoms in total. The van der Waals surface area contributed by atoms with E-state index >= 15 is 0 Å². The highest BCUT2D eigenvalue weighted by molar-refractivity contribution is 5.72. The van der Waals surface area contributed by atoms with Crippen LogP contribution in [0.3, 0.4) is 0 Å². The fraction of sp³-hybridized carbons (Fsp3) is 0.636. The van der Waals surface area contributed by atoms with E-state index in [4.69, 9.17) is 15.6 Å². The molecule has 0 fully saturated rings. The van der Waals surface area contributed by atoms with Crippen LogP contribution in [0.1, 0.15) is 6.42 Å². The van der Waals surface area contributed by atoms with E-state index < -0.39 is 0 Å². The molecule has 0 saturated carbocycles. The summed E-state index contributed by atoms with van der Waals surface area (Å²) in [5.74, 6) is 0.728. The van der Waals surface area contributed by atoms with Crippen LogP contribution in [0.25, 0.3) is 0 Å². The Morgan fingerprint density at radius 3 is 2.89 bits per heavy atom. The van der Waals surface area contributed by atoms with Gasteiger partial charge in [0.05, 0.1) is 13.3 Å². The Labute approximate surface area is 111 Å². The molecule has 2 rings (SSSR count). The highest BCUT2D eigenvalue weighted by Gasteiger charge is 2.29. The third kappa shape index (κ3) is 2.49. The topological polar surface area (TPSA) is 96.8 Å². The first-order valence-corrected chi connectivity index (χ1v) is 6.07. The Kier molecular flexibility index (Phi) is 3.91. The zero-order valence-electron chi connectivity index (χ0n) is 11.2. The van der Waals surface area contributed by atoms with Gasteiger partial charge in [0.2, 0.25) is 5.95 Å². The average molecular weight is 269 g/mol. The van der Waals surface area contributed by atoms with Crippen molar-refractivity contribution in [3.8, 4) is 0 Å². The largest absolute Gasteiger partial charge is 0.396 e. The summed E-state index contributed by atoms with van der Waals surface area (Å²) in [5, 5.41) is 8.69. The van der Waals surface area contributed by atoms with Crippen LogP contribution in [-0.4, -0.2) is 48.3 Å². The van der Waals surface area contributed by atoms with Gasteiger partial charge in [0.1, 0.15) is 12.4 Å². The van der Waals surface area contributed by atoms with E-state index in [0.29, 0.717) is 37.9 Å². The standard InChI is InChI=1S/C11H19N5O3/c1-14-6-16(7-19-5-3-4-17)9-8(14)10(18)15(2)11(12)13-9/h17H,3-7H2,1-2H3,(H2,12,13). The van der Waals surface area contributed by atoms with Gasteiger partial charge in [-0.2, -0.15) is 4.98 Å². The minimum absolute atomic E-state index is 0.0994. The van der Waals surface area contributed by atoms with Crippen molar-refractivity contribution in [1.29, 1.82) is 0 Å². The highest BCUT2D eigenvalue weighted by atomic mass is 16.5. The van der Waals surface area contributed by atoms with E-state index in [-0.39, 0.29) is 18.1 Å². The summed E-state index contributed by atoms with van der Waals surface area (Å²) in [7, 11) is 3.42. The molecular formula is C11H19N5O3. The van der Waals surface area contributed by atoms with Crippen molar-refractivity contribution in [2.45, 2.75) is 6.42 Å². The highest BCUT2D eigenvalue weighted by Crippen LogP contribution is 2.29. The number of nitrogens with zero attached hydrogens (tertiary/aromatic N) is 4. The smallest absolute Gasteiger partial charge is 0.280 e. The van der Waals surface area contributed by atoms with Crippen molar-refractivity contribution in [2.75, 3.05) is 49.2 Å². The molecule has 8 heteroatoms. The zero-order valence-corrected chi connectivity index (χ0v) is 11.2. The quantitative estimate of drug-likeness (QED) is 0.657. The van der Waals surface area contributed by atoms with Crippen LogP contribution in [0.4, 0.5) is 17.5 Å². The molecule has 1 aliphatic rings. The number of hydrogen-bond donors (Lipinski definition) is 2. The third-order valence-electron chi connectivity index (χ3n) is 3.04. The first-order valence-electron chi connectivity index (χ1n) is 6.07. The lowest BCUT2D eigenvalue weighted by Gasteiger charge is -2.18. The van der Waals surface area contributed by atoms with Crippen LogP contribution < -0.4 is 21.1 Å². The molecule has 1 aromatic heterocycles. The minimum atomic E-state index is -0.164. The van der Waals surface area contributed by atoms with Gasteiger partial charge in [0, 0.05) is 20.7 Å². The van der Waals surface area contributed by atoms with Crippen LogP contribution in [0.15, 0.2) is 4.79 Å². The van der Waals surface area contributed by atoms with E-state index in [1.807, 2.05) is 16.8 Å². The molecule has 0 saturated heterocycles. The lowest BCUT2D eigenvalue weighted by molar-refractivity contribution is 0.116. The Hall–Kier alpha value is -1.80. The Balaban J connectivity index is 2.19. The van der Waals surface area contributed by atoms with Gasteiger partial charge in [0.25, 0.3) is 5.56 Å². The summed E-state index contributed by atoms with van der Waals surface area (Å²) >= 11 is 0. The maximum absolute atomic E-state index is 12.1. The van der Waals surface area contributed by atoms with Gasteiger partial charge in [-0.05, 0) is 6.42 Å². The lowest BCUT2D eigenvalue weighted by Crippen LogP contribution is -2.31. The maximum atomic E-state index is 12.1. The SMILES string of the molecule is CN1CN(COCCCO)c2nc(N)n(C)c(=O)c21. The van der Waals surface area contributed by atoms with E-state index in [0.717, 1.165) is 0 Å². The van der Waals surface area contributed by atoms with E-state index in [1.54, 1.807) is 7.05 Å². The van der Waals surface area contributed by atoms with Gasteiger partial charge in [0.15, 0.2) is 5.82 Å². The first kappa shape index (κ1) is 13.6. The Morgan fingerprint density at radius 1 is 1.47 bits per heavy atom. The Bertz CT molecular complexity index is 516. The molecule has 1 aromatic rings. The number of aromatic nitrogens is 2. The van der Waals surface area contributed by atoms with E-state index in [1.165, 1.54) is 4.57 Å². The summed E-state index contributed by atoms with van der Waals surface area (Å²) in [6.07, 6.45) is 0.586. The number of nitrogen functional groups attached to an aromatic ring is 1. The van der Waals surface area contributed by atoms with Gasteiger partial charge in [-0.1, -0.05) is 0 Å². The fourth-order valence-corrected chi connectivity index (χ4v) is 1.99. The van der Waals surface area contributed by atoms with Crippen molar-refractivity contribution in [3.63, 3.8) is 0 Å². The molecule has 0 spiro atoms. The zero-order chi connectivity index (χ0) is 14.0. The predicted octanol–water partition coefficient (Wildman–Crippen LogP) is -1.07. The summed E-state index contributed by atoms with van der Waals surface area (Å²) in [6, 6.07) is 0. The summed E-state index contributed by atoms with van der Waals surface area (Å²) in [6.45, 7) is 1.41. The predicted molar refractivity (Wildman–Crippen MR) is 72.2 cm³/mol. The van der Waals surface area contributed by atoms with E-state index in [9.17, 15) is 4.79 Å². The first-order chi connectivity index (χ1) is 9.06. The molecule has 3 N–H and O–H groups in total. The molecule has 0 radical (unpaired) electrons. The molecule has 2 heterocycles. The second-order valence-corrected chi connectivity index (χ2v) is 4.50. The number of hydrogen-bond acceptors (Lipinski definition) is 7. The van der Waals surface area contributed by atoms with Crippen LogP contribution in [0.5, 0.6) is 0 Å². The average Bonchev–Trinajstić information content (AvgIpc) is 2.68. The number of rotatable bonds is 5. The second kappa shape index (κ2) is 5.45. The molecule has 0 aromatic carbocycles. The number of anilines is 3. The van der Waals surface area contributed by atoms with Crippen molar-refractivity contribution >= 4 is 17.5 Å². The van der Waals surface area contributed by atoms with Gasteiger partial charge in [-0.25, -0.2) is 0 Å². The summed E-state index contributed by atoms with van der Waals surface area (Å²) < 4.78 is 6.75. The Morgan fingerprint density at radius 2 is 2.21 bits per heavy atom. The minimum Gasteiger partial charge on any atom is -0.396 e. The fourth-order valence-electron chi connectivity index (χ4n) is 1.99. The second-order valence-electron chi connectivity index (χ2n) is 4.50. The van der Waals surface area contributed by atoms with Gasteiger partial charge in [-0.3, -0.25) is 9.36 Å². The maximum Gasteiger partial charge on any atom is 0.280 e. The van der Waals surface area contributed by atoms with Crippen molar-refractivity contribution in [1.82, 2.24) is 9.55 Å². The van der Waals surface area contributed by atoms with Gasteiger partial charge >= 0.3 is 0 Å². The molecule has 0 bridgehead atoms. The normalized spacial score (nSPS) is 14.1. The van der Waals surface area contributed by atoms with Crippen LogP contribution in [0.2, 0.25) is 0 Å². The van der Waals surface area contributed by atoms with E-state index in [2.05, 4.69) is 4.98 Å². The van der Waals surface area contributed by atoms with Crippen molar-refractivity contribution < 1.29 is 9.84 Å². The van der Waals surface area contributed by atoms with Gasteiger partial charge in [-0.15, -0.1) is 0 Å². The van der Waals surface area contributed by atoms with Crippen LogP contribution in [0, 0.1) is 0 Å². The molecular weight excluding hydrogens is 250 g/mol. The van der Waals surface area contributed by atoms with Crippen LogP contribution >= 0.6 is 0 Å². The molecule has 0 atom stereocenters. The number of fused-ring (bicyclic) bond motifs is 1. The number of nitrogens with two attached hydrogens (primary N) is 1. The molecule has 1 aliphatic heterocycles. The molecule has 106 valence electrons. The number of aliphatic hydroxyl groups excluding tert-OH is 1. The third-order valence-corrected chi connectivity index (χ3v) is 3.04.